The molecule has 0 unspecified atom stereocenters. The minimum atomic E-state index is 0.0511. The summed E-state index contributed by atoms with van der Waals surface area (Å²) in [5, 5.41) is 0.0511. The van der Waals surface area contributed by atoms with Crippen LogP contribution in [-0.4, -0.2) is 37.3 Å². The molecule has 0 bridgehead atoms. The number of carbonyl (C=O) groups excluding carboxylic acids is 1. The van der Waals surface area contributed by atoms with Gasteiger partial charge in [-0.15, -0.1) is 11.8 Å². The highest BCUT2D eigenvalue weighted by atomic mass is 32.2. The molecule has 1 fully saturated rings. The van der Waals surface area contributed by atoms with Gasteiger partial charge >= 0.3 is 0 Å². The normalized spacial score (nSPS) is 17.9. The van der Waals surface area contributed by atoms with E-state index < -0.39 is 0 Å². The lowest BCUT2D eigenvalue weighted by atomic mass is 10.1. The highest BCUT2D eigenvalue weighted by molar-refractivity contribution is 7.99. The average Bonchev–Trinajstić information content (AvgIpc) is 3.01. The first-order valence-corrected chi connectivity index (χ1v) is 8.39. The van der Waals surface area contributed by atoms with Crippen molar-refractivity contribution in [3.63, 3.8) is 0 Å². The molecule has 0 aliphatic carbocycles. The Balaban J connectivity index is 2.21. The van der Waals surface area contributed by atoms with Crippen LogP contribution in [0.25, 0.3) is 0 Å². The fraction of sp³-hybridized carbons (Fsp3) is 0.562. The maximum Gasteiger partial charge on any atom is 0.223 e. The molecule has 1 atom stereocenters. The summed E-state index contributed by atoms with van der Waals surface area (Å²) < 4.78 is 10.7. The van der Waals surface area contributed by atoms with E-state index in [2.05, 4.69) is 6.92 Å². The van der Waals surface area contributed by atoms with Crippen molar-refractivity contribution in [2.24, 2.45) is 0 Å². The topological polar surface area (TPSA) is 38.8 Å². The second kappa shape index (κ2) is 7.59. The van der Waals surface area contributed by atoms with E-state index in [1.807, 2.05) is 23.1 Å². The van der Waals surface area contributed by atoms with Crippen LogP contribution in [0.5, 0.6) is 11.5 Å². The van der Waals surface area contributed by atoms with Crippen molar-refractivity contribution < 1.29 is 14.3 Å². The molecular formula is C16H23NO3S. The van der Waals surface area contributed by atoms with Crippen LogP contribution in [0.3, 0.4) is 0 Å². The van der Waals surface area contributed by atoms with Gasteiger partial charge in [0.05, 0.1) is 14.2 Å². The summed E-state index contributed by atoms with van der Waals surface area (Å²) in [4.78, 5) is 14.3. The van der Waals surface area contributed by atoms with Crippen molar-refractivity contribution in [3.8, 4) is 11.5 Å². The molecule has 2 rings (SSSR count). The Hall–Kier alpha value is -1.36. The summed E-state index contributed by atoms with van der Waals surface area (Å²) in [5.41, 5.74) is 1.05. The van der Waals surface area contributed by atoms with Crippen LogP contribution >= 0.6 is 11.8 Å². The van der Waals surface area contributed by atoms with Gasteiger partial charge in [0.2, 0.25) is 5.91 Å². The Labute approximate surface area is 130 Å². The first-order valence-electron chi connectivity index (χ1n) is 7.34. The van der Waals surface area contributed by atoms with Gasteiger partial charge in [-0.25, -0.2) is 0 Å². The lowest BCUT2D eigenvalue weighted by Gasteiger charge is -2.25. The summed E-state index contributed by atoms with van der Waals surface area (Å²) in [7, 11) is 3.29. The molecule has 21 heavy (non-hydrogen) atoms. The quantitative estimate of drug-likeness (QED) is 0.806. The summed E-state index contributed by atoms with van der Waals surface area (Å²) in [6.45, 7) is 2.92. The molecule has 0 radical (unpaired) electrons. The molecule has 0 aromatic heterocycles. The molecule has 116 valence electrons. The molecule has 1 heterocycles. The van der Waals surface area contributed by atoms with E-state index in [1.165, 1.54) is 0 Å². The standard InChI is InChI=1S/C16H23NO3S/c1-4-5-6-15(18)17-9-10-21-16(17)13-8-7-12(19-2)11-14(13)20-3/h7-8,11,16H,4-6,9-10H2,1-3H3/t16-/m1/s1. The van der Waals surface area contributed by atoms with E-state index in [0.717, 1.165) is 42.2 Å². The van der Waals surface area contributed by atoms with Crippen molar-refractivity contribution >= 4 is 17.7 Å². The maximum absolute atomic E-state index is 12.4. The Morgan fingerprint density at radius 3 is 2.86 bits per heavy atom. The van der Waals surface area contributed by atoms with Crippen LogP contribution in [0.1, 0.15) is 37.1 Å². The van der Waals surface area contributed by atoms with Gasteiger partial charge in [-0.05, 0) is 18.6 Å². The van der Waals surface area contributed by atoms with E-state index in [0.29, 0.717) is 6.42 Å². The summed E-state index contributed by atoms with van der Waals surface area (Å²) in [6.07, 6.45) is 2.63. The van der Waals surface area contributed by atoms with Gasteiger partial charge < -0.3 is 14.4 Å². The molecule has 1 aromatic rings. The molecule has 1 aliphatic rings. The number of ether oxygens (including phenoxy) is 2. The molecule has 1 aliphatic heterocycles. The maximum atomic E-state index is 12.4. The van der Waals surface area contributed by atoms with Crippen LogP contribution in [0.15, 0.2) is 18.2 Å². The van der Waals surface area contributed by atoms with Crippen molar-refractivity contribution in [2.75, 3.05) is 26.5 Å². The van der Waals surface area contributed by atoms with Gasteiger partial charge in [0.1, 0.15) is 16.9 Å². The molecule has 0 saturated carbocycles. The third kappa shape index (κ3) is 3.64. The number of hydrogen-bond donors (Lipinski definition) is 0. The Morgan fingerprint density at radius 2 is 2.19 bits per heavy atom. The highest BCUT2D eigenvalue weighted by Crippen LogP contribution is 2.43. The van der Waals surface area contributed by atoms with E-state index in [1.54, 1.807) is 26.0 Å². The van der Waals surface area contributed by atoms with E-state index in [4.69, 9.17) is 9.47 Å². The zero-order valence-corrected chi connectivity index (χ0v) is 13.7. The predicted octanol–water partition coefficient (Wildman–Crippen LogP) is 3.47. The third-order valence-electron chi connectivity index (χ3n) is 3.66. The molecule has 1 aromatic carbocycles. The van der Waals surface area contributed by atoms with Crippen LogP contribution in [0.2, 0.25) is 0 Å². The molecule has 0 spiro atoms. The number of nitrogens with zero attached hydrogens (tertiary/aromatic N) is 1. The number of carbonyl (C=O) groups is 1. The van der Waals surface area contributed by atoms with Gasteiger partial charge in [0, 0.05) is 30.3 Å². The van der Waals surface area contributed by atoms with Gasteiger partial charge in [0.15, 0.2) is 0 Å². The average molecular weight is 309 g/mol. The zero-order chi connectivity index (χ0) is 15.2. The third-order valence-corrected chi connectivity index (χ3v) is 4.90. The summed E-state index contributed by atoms with van der Waals surface area (Å²) in [5.74, 6) is 2.76. The summed E-state index contributed by atoms with van der Waals surface area (Å²) >= 11 is 1.79. The van der Waals surface area contributed by atoms with Gasteiger partial charge in [-0.1, -0.05) is 13.3 Å². The summed E-state index contributed by atoms with van der Waals surface area (Å²) in [6, 6.07) is 5.80. The predicted molar refractivity (Wildman–Crippen MR) is 86.0 cm³/mol. The van der Waals surface area contributed by atoms with Gasteiger partial charge in [-0.2, -0.15) is 0 Å². The number of benzene rings is 1. The molecule has 1 saturated heterocycles. The van der Waals surface area contributed by atoms with Crippen LogP contribution in [0, 0.1) is 0 Å². The van der Waals surface area contributed by atoms with Crippen LogP contribution in [-0.2, 0) is 4.79 Å². The number of hydrogen-bond acceptors (Lipinski definition) is 4. The monoisotopic (exact) mass is 309 g/mol. The second-order valence-electron chi connectivity index (χ2n) is 5.02. The zero-order valence-electron chi connectivity index (χ0n) is 12.9. The minimum absolute atomic E-state index is 0.0511. The van der Waals surface area contributed by atoms with Crippen molar-refractivity contribution in [3.05, 3.63) is 23.8 Å². The molecule has 1 amide bonds. The molecular weight excluding hydrogens is 286 g/mol. The number of thioether (sulfide) groups is 1. The number of unbranched alkanes of at least 4 members (excludes halogenated alkanes) is 1. The van der Waals surface area contributed by atoms with Crippen molar-refractivity contribution in [2.45, 2.75) is 31.6 Å². The first-order chi connectivity index (χ1) is 10.2. The van der Waals surface area contributed by atoms with Gasteiger partial charge in [0.25, 0.3) is 0 Å². The smallest absolute Gasteiger partial charge is 0.223 e. The number of methoxy groups -OCH3 is 2. The van der Waals surface area contributed by atoms with E-state index in [-0.39, 0.29) is 11.3 Å². The van der Waals surface area contributed by atoms with Crippen molar-refractivity contribution in [1.82, 2.24) is 4.90 Å². The lowest BCUT2D eigenvalue weighted by molar-refractivity contribution is -0.131. The van der Waals surface area contributed by atoms with E-state index in [9.17, 15) is 4.79 Å². The van der Waals surface area contributed by atoms with Crippen LogP contribution in [0.4, 0.5) is 0 Å². The Bertz CT molecular complexity index is 492. The van der Waals surface area contributed by atoms with Crippen LogP contribution < -0.4 is 9.47 Å². The number of rotatable bonds is 6. The molecule has 0 N–H and O–H groups in total. The molecule has 5 heteroatoms. The number of amides is 1. The lowest BCUT2D eigenvalue weighted by Crippen LogP contribution is -2.30. The first kappa shape index (κ1) is 16.0. The Morgan fingerprint density at radius 1 is 1.38 bits per heavy atom. The second-order valence-corrected chi connectivity index (χ2v) is 6.21. The van der Waals surface area contributed by atoms with Gasteiger partial charge in [-0.3, -0.25) is 4.79 Å². The van der Waals surface area contributed by atoms with Crippen molar-refractivity contribution in [1.29, 1.82) is 0 Å². The largest absolute Gasteiger partial charge is 0.497 e. The highest BCUT2D eigenvalue weighted by Gasteiger charge is 2.32. The fourth-order valence-electron chi connectivity index (χ4n) is 2.48. The minimum Gasteiger partial charge on any atom is -0.497 e. The Kier molecular flexibility index (Phi) is 5.79. The fourth-order valence-corrected chi connectivity index (χ4v) is 3.78. The SMILES string of the molecule is CCCCC(=O)N1CCS[C@@H]1c1ccc(OC)cc1OC. The molecule has 4 nitrogen and oxygen atoms in total. The van der Waals surface area contributed by atoms with E-state index >= 15 is 0 Å².